The summed E-state index contributed by atoms with van der Waals surface area (Å²) in [4.78, 5) is 9.75. The van der Waals surface area contributed by atoms with E-state index in [1.54, 1.807) is 24.3 Å². The van der Waals surface area contributed by atoms with E-state index in [-0.39, 0.29) is 16.6 Å². The minimum atomic E-state index is -2.95. The number of halogens is 3. The lowest BCUT2D eigenvalue weighted by Crippen LogP contribution is -2.08. The number of anilines is 1. The molecule has 1 heterocycles. The molecule has 8 heteroatoms. The highest BCUT2D eigenvalue weighted by molar-refractivity contribution is 6.36. The van der Waals surface area contributed by atoms with Crippen molar-refractivity contribution in [2.45, 2.75) is 0 Å². The summed E-state index contributed by atoms with van der Waals surface area (Å²) < 4.78 is 29.9. The van der Waals surface area contributed by atoms with E-state index < -0.39 is 7.47 Å². The van der Waals surface area contributed by atoms with Gasteiger partial charge in [0, 0.05) is 43.8 Å². The van der Waals surface area contributed by atoms with Gasteiger partial charge in [0.2, 0.25) is 0 Å². The molecule has 0 saturated carbocycles. The molecule has 0 spiro atoms. The Hall–Kier alpha value is -2.15. The van der Waals surface area contributed by atoms with Gasteiger partial charge in [0.05, 0.1) is 0 Å². The SMILES string of the molecule is CN(C)c1ccc(/C(=C/c2nccnc2Cl)OB(F)F)cc1. The third-order valence-electron chi connectivity index (χ3n) is 2.83. The first-order chi connectivity index (χ1) is 10.5. The van der Waals surface area contributed by atoms with Gasteiger partial charge in [-0.15, -0.1) is 0 Å². The Kier molecular flexibility index (Phi) is 5.33. The molecule has 0 radical (unpaired) electrons. The van der Waals surface area contributed by atoms with Crippen LogP contribution in [0.5, 0.6) is 0 Å². The van der Waals surface area contributed by atoms with Crippen LogP contribution >= 0.6 is 11.6 Å². The molecule has 0 aliphatic heterocycles. The first-order valence-electron chi connectivity index (χ1n) is 6.38. The molecule has 2 rings (SSSR count). The van der Waals surface area contributed by atoms with Crippen molar-refractivity contribution in [2.24, 2.45) is 0 Å². The third kappa shape index (κ3) is 4.18. The molecule has 2 aromatic rings. The van der Waals surface area contributed by atoms with Crippen molar-refractivity contribution < 1.29 is 13.3 Å². The normalized spacial score (nSPS) is 11.2. The Morgan fingerprint density at radius 1 is 1.18 bits per heavy atom. The monoisotopic (exact) mass is 323 g/mol. The second kappa shape index (κ2) is 7.22. The maximum atomic E-state index is 12.6. The van der Waals surface area contributed by atoms with E-state index in [9.17, 15) is 8.63 Å². The van der Waals surface area contributed by atoms with Crippen LogP contribution in [-0.4, -0.2) is 31.5 Å². The van der Waals surface area contributed by atoms with Crippen LogP contribution in [0.4, 0.5) is 14.3 Å². The summed E-state index contributed by atoms with van der Waals surface area (Å²) in [6.07, 6.45) is 4.18. The van der Waals surface area contributed by atoms with Crippen molar-refractivity contribution >= 4 is 36.6 Å². The van der Waals surface area contributed by atoms with E-state index >= 15 is 0 Å². The first-order valence-corrected chi connectivity index (χ1v) is 6.76. The van der Waals surface area contributed by atoms with Gasteiger partial charge in [0.15, 0.2) is 5.15 Å². The van der Waals surface area contributed by atoms with Gasteiger partial charge in [0.25, 0.3) is 0 Å². The lowest BCUT2D eigenvalue weighted by molar-refractivity contribution is 0.398. The molecule has 0 atom stereocenters. The van der Waals surface area contributed by atoms with Crippen LogP contribution in [0.3, 0.4) is 0 Å². The second-order valence-corrected chi connectivity index (χ2v) is 4.92. The van der Waals surface area contributed by atoms with Gasteiger partial charge < -0.3 is 9.55 Å². The summed E-state index contributed by atoms with van der Waals surface area (Å²) in [7, 11) is 0.830. The lowest BCUT2D eigenvalue weighted by atomic mass is 10.1. The topological polar surface area (TPSA) is 38.2 Å². The van der Waals surface area contributed by atoms with Crippen molar-refractivity contribution in [3.05, 3.63) is 53.1 Å². The molecule has 114 valence electrons. The molecular formula is C14H13BClF2N3O. The Labute approximate surface area is 132 Å². The van der Waals surface area contributed by atoms with E-state index in [4.69, 9.17) is 11.6 Å². The molecule has 0 fully saturated rings. The van der Waals surface area contributed by atoms with Crippen LogP contribution in [0.1, 0.15) is 11.3 Å². The summed E-state index contributed by atoms with van der Waals surface area (Å²) in [6, 6.07) is 6.98. The molecule has 0 amide bonds. The molecule has 0 N–H and O–H groups in total. The third-order valence-corrected chi connectivity index (χ3v) is 3.12. The zero-order valence-corrected chi connectivity index (χ0v) is 12.8. The van der Waals surface area contributed by atoms with Crippen LogP contribution in [0.2, 0.25) is 5.15 Å². The van der Waals surface area contributed by atoms with E-state index in [2.05, 4.69) is 14.6 Å². The molecule has 0 unspecified atom stereocenters. The fourth-order valence-electron chi connectivity index (χ4n) is 1.76. The average molecular weight is 324 g/mol. The van der Waals surface area contributed by atoms with Gasteiger partial charge in [-0.25, -0.2) is 13.6 Å². The van der Waals surface area contributed by atoms with E-state index in [1.165, 1.54) is 18.5 Å². The quantitative estimate of drug-likeness (QED) is 0.622. The van der Waals surface area contributed by atoms with Gasteiger partial charge in [-0.3, -0.25) is 4.98 Å². The molecule has 0 aliphatic rings. The average Bonchev–Trinajstić information content (AvgIpc) is 2.48. The van der Waals surface area contributed by atoms with E-state index in [1.807, 2.05) is 19.0 Å². The minimum absolute atomic E-state index is 0.0253. The first kappa shape index (κ1) is 16.2. The fourth-order valence-corrected chi connectivity index (χ4v) is 1.92. The van der Waals surface area contributed by atoms with Crippen LogP contribution in [0.25, 0.3) is 11.8 Å². The van der Waals surface area contributed by atoms with Crippen LogP contribution in [0.15, 0.2) is 36.7 Å². The highest BCUT2D eigenvalue weighted by atomic mass is 35.5. The Morgan fingerprint density at radius 3 is 2.36 bits per heavy atom. The Morgan fingerprint density at radius 2 is 1.82 bits per heavy atom. The number of rotatable bonds is 5. The molecule has 1 aromatic carbocycles. The summed E-state index contributed by atoms with van der Waals surface area (Å²) in [5.41, 5.74) is 1.70. The van der Waals surface area contributed by atoms with Gasteiger partial charge in [-0.2, -0.15) is 0 Å². The highest BCUT2D eigenvalue weighted by Gasteiger charge is 2.21. The standard InChI is InChI=1S/C14H13BClF2N3O/c1-21(2)11-5-3-10(4-6-11)13(22-15(17)18)9-12-14(16)20-8-7-19-12/h3-9H,1-2H3/b13-9-. The predicted octanol–water partition coefficient (Wildman–Crippen LogP) is 3.63. The molecule has 1 aromatic heterocycles. The molecule has 0 saturated heterocycles. The number of nitrogens with zero attached hydrogens (tertiary/aromatic N) is 3. The Balaban J connectivity index is 2.40. The van der Waals surface area contributed by atoms with Crippen molar-refractivity contribution in [3.63, 3.8) is 0 Å². The molecule has 0 bridgehead atoms. The second-order valence-electron chi connectivity index (χ2n) is 4.56. The number of hydrogen-bond donors (Lipinski definition) is 0. The maximum Gasteiger partial charge on any atom is 0.796 e. The highest BCUT2D eigenvalue weighted by Crippen LogP contribution is 2.24. The molecule has 0 aliphatic carbocycles. The van der Waals surface area contributed by atoms with Crippen LogP contribution < -0.4 is 4.90 Å². The maximum absolute atomic E-state index is 12.6. The van der Waals surface area contributed by atoms with Crippen LogP contribution in [0, 0.1) is 0 Å². The van der Waals surface area contributed by atoms with Crippen molar-refractivity contribution in [2.75, 3.05) is 19.0 Å². The summed E-state index contributed by atoms with van der Waals surface area (Å²) in [6.45, 7) is 0. The largest absolute Gasteiger partial charge is 0.796 e. The molecule has 22 heavy (non-hydrogen) atoms. The summed E-state index contributed by atoms with van der Waals surface area (Å²) in [5.74, 6) is -0.0253. The van der Waals surface area contributed by atoms with E-state index in [0.29, 0.717) is 5.56 Å². The van der Waals surface area contributed by atoms with Gasteiger partial charge >= 0.3 is 7.47 Å². The van der Waals surface area contributed by atoms with Crippen LogP contribution in [-0.2, 0) is 4.65 Å². The number of benzene rings is 1. The van der Waals surface area contributed by atoms with Gasteiger partial charge in [-0.05, 0) is 24.3 Å². The molecular weight excluding hydrogens is 310 g/mol. The smallest absolute Gasteiger partial charge is 0.505 e. The van der Waals surface area contributed by atoms with Crippen molar-refractivity contribution in [1.29, 1.82) is 0 Å². The zero-order chi connectivity index (χ0) is 16.1. The fraction of sp³-hybridized carbons (Fsp3) is 0.143. The van der Waals surface area contributed by atoms with Crippen molar-refractivity contribution in [1.82, 2.24) is 9.97 Å². The Bertz CT molecular complexity index is 665. The predicted molar refractivity (Wildman–Crippen MR) is 84.7 cm³/mol. The summed E-state index contributed by atoms with van der Waals surface area (Å²) >= 11 is 5.89. The summed E-state index contributed by atoms with van der Waals surface area (Å²) in [5, 5.41) is 0.114. The number of hydrogen-bond acceptors (Lipinski definition) is 4. The molecule has 4 nitrogen and oxygen atoms in total. The minimum Gasteiger partial charge on any atom is -0.505 e. The zero-order valence-electron chi connectivity index (χ0n) is 12.0. The van der Waals surface area contributed by atoms with Crippen molar-refractivity contribution in [3.8, 4) is 0 Å². The van der Waals surface area contributed by atoms with Gasteiger partial charge in [-0.1, -0.05) is 11.6 Å². The van der Waals surface area contributed by atoms with E-state index in [0.717, 1.165) is 5.69 Å². The van der Waals surface area contributed by atoms with Gasteiger partial charge in [0.1, 0.15) is 11.5 Å². The lowest BCUT2D eigenvalue weighted by Gasteiger charge is -2.14. The number of aromatic nitrogens is 2.